The standard InChI is InChI=1S/C12H12FN3O2/c13-8-1-3-9(4-2-8)17-7-11-15-12(18-16-11)10-5-6-14-10/h1-4,10,14H,5-7H2/t10-/m1/s1. The molecular formula is C12H12FN3O2. The molecule has 5 nitrogen and oxygen atoms in total. The Bertz CT molecular complexity index is 522. The first-order valence-electron chi connectivity index (χ1n) is 5.75. The third kappa shape index (κ3) is 2.33. The molecule has 1 aliphatic heterocycles. The second-order valence-corrected chi connectivity index (χ2v) is 4.09. The zero-order chi connectivity index (χ0) is 12.4. The summed E-state index contributed by atoms with van der Waals surface area (Å²) in [7, 11) is 0. The summed E-state index contributed by atoms with van der Waals surface area (Å²) in [5.41, 5.74) is 0. The van der Waals surface area contributed by atoms with E-state index in [1.165, 1.54) is 12.1 Å². The van der Waals surface area contributed by atoms with Crippen molar-refractivity contribution in [1.82, 2.24) is 15.5 Å². The minimum absolute atomic E-state index is 0.178. The summed E-state index contributed by atoms with van der Waals surface area (Å²) in [5, 5.41) is 7.00. The lowest BCUT2D eigenvalue weighted by Gasteiger charge is -2.23. The Morgan fingerprint density at radius 1 is 1.39 bits per heavy atom. The molecule has 1 saturated heterocycles. The Balaban J connectivity index is 1.59. The van der Waals surface area contributed by atoms with Gasteiger partial charge in [-0.2, -0.15) is 4.98 Å². The Kier molecular flexibility index (Phi) is 2.93. The van der Waals surface area contributed by atoms with Gasteiger partial charge in [0.2, 0.25) is 11.7 Å². The number of hydrogen-bond donors (Lipinski definition) is 1. The molecule has 2 heterocycles. The van der Waals surface area contributed by atoms with Crippen molar-refractivity contribution in [2.75, 3.05) is 6.54 Å². The third-order valence-electron chi connectivity index (χ3n) is 2.79. The fraction of sp³-hybridized carbons (Fsp3) is 0.333. The van der Waals surface area contributed by atoms with Crippen molar-refractivity contribution in [3.8, 4) is 5.75 Å². The summed E-state index contributed by atoms with van der Waals surface area (Å²) in [6.45, 7) is 1.19. The lowest BCUT2D eigenvalue weighted by Crippen LogP contribution is -2.35. The Labute approximate surface area is 103 Å². The summed E-state index contributed by atoms with van der Waals surface area (Å²) in [5.74, 6) is 1.37. The lowest BCUT2D eigenvalue weighted by atomic mass is 10.1. The van der Waals surface area contributed by atoms with Crippen LogP contribution >= 0.6 is 0 Å². The number of aromatic nitrogens is 2. The molecule has 1 N–H and O–H groups in total. The van der Waals surface area contributed by atoms with Gasteiger partial charge in [-0.05, 0) is 37.2 Å². The first-order valence-corrected chi connectivity index (χ1v) is 5.75. The van der Waals surface area contributed by atoms with Crippen LogP contribution in [0.1, 0.15) is 24.2 Å². The molecule has 3 rings (SSSR count). The minimum atomic E-state index is -0.291. The van der Waals surface area contributed by atoms with Gasteiger partial charge in [0.25, 0.3) is 0 Å². The van der Waals surface area contributed by atoms with Gasteiger partial charge < -0.3 is 14.6 Å². The molecule has 1 aliphatic rings. The Hall–Kier alpha value is -1.95. The normalized spacial score (nSPS) is 18.4. The molecule has 0 aliphatic carbocycles. The second-order valence-electron chi connectivity index (χ2n) is 4.09. The van der Waals surface area contributed by atoms with Crippen LogP contribution in [0.5, 0.6) is 5.75 Å². The van der Waals surface area contributed by atoms with E-state index in [0.29, 0.717) is 17.5 Å². The number of rotatable bonds is 4. The summed E-state index contributed by atoms with van der Waals surface area (Å²) in [6.07, 6.45) is 1.01. The molecule has 0 radical (unpaired) electrons. The summed E-state index contributed by atoms with van der Waals surface area (Å²) >= 11 is 0. The summed E-state index contributed by atoms with van der Waals surface area (Å²) in [6, 6.07) is 5.98. The molecule has 1 atom stereocenters. The maximum atomic E-state index is 12.7. The Morgan fingerprint density at radius 2 is 2.17 bits per heavy atom. The topological polar surface area (TPSA) is 60.2 Å². The van der Waals surface area contributed by atoms with E-state index in [1.54, 1.807) is 12.1 Å². The fourth-order valence-electron chi connectivity index (χ4n) is 1.65. The van der Waals surface area contributed by atoms with Crippen LogP contribution in [0, 0.1) is 5.82 Å². The van der Waals surface area contributed by atoms with E-state index in [4.69, 9.17) is 9.26 Å². The van der Waals surface area contributed by atoms with Crippen molar-refractivity contribution in [3.05, 3.63) is 41.8 Å². The quantitative estimate of drug-likeness (QED) is 0.895. The maximum Gasteiger partial charge on any atom is 0.243 e. The van der Waals surface area contributed by atoms with E-state index >= 15 is 0 Å². The highest BCUT2D eigenvalue weighted by Crippen LogP contribution is 2.21. The van der Waals surface area contributed by atoms with Crippen molar-refractivity contribution in [3.63, 3.8) is 0 Å². The fourth-order valence-corrected chi connectivity index (χ4v) is 1.65. The van der Waals surface area contributed by atoms with Gasteiger partial charge in [0.15, 0.2) is 6.61 Å². The van der Waals surface area contributed by atoms with E-state index in [9.17, 15) is 4.39 Å². The molecule has 2 aromatic rings. The third-order valence-corrected chi connectivity index (χ3v) is 2.79. The minimum Gasteiger partial charge on any atom is -0.485 e. The van der Waals surface area contributed by atoms with Crippen LogP contribution in [0.3, 0.4) is 0 Å². The predicted molar refractivity (Wildman–Crippen MR) is 60.4 cm³/mol. The van der Waals surface area contributed by atoms with E-state index in [-0.39, 0.29) is 18.5 Å². The van der Waals surface area contributed by atoms with Crippen LogP contribution in [-0.2, 0) is 6.61 Å². The molecule has 1 fully saturated rings. The van der Waals surface area contributed by atoms with Crippen molar-refractivity contribution in [1.29, 1.82) is 0 Å². The highest BCUT2D eigenvalue weighted by atomic mass is 19.1. The molecule has 0 unspecified atom stereocenters. The van der Waals surface area contributed by atoms with E-state index in [0.717, 1.165) is 13.0 Å². The monoisotopic (exact) mass is 249 g/mol. The number of ether oxygens (including phenoxy) is 1. The largest absolute Gasteiger partial charge is 0.485 e. The van der Waals surface area contributed by atoms with Crippen LogP contribution in [0.15, 0.2) is 28.8 Å². The van der Waals surface area contributed by atoms with Gasteiger partial charge in [-0.25, -0.2) is 4.39 Å². The molecule has 1 aromatic heterocycles. The number of halogens is 1. The molecule has 0 saturated carbocycles. The van der Waals surface area contributed by atoms with Gasteiger partial charge in [-0.1, -0.05) is 5.16 Å². The van der Waals surface area contributed by atoms with Gasteiger partial charge >= 0.3 is 0 Å². The lowest BCUT2D eigenvalue weighted by molar-refractivity contribution is 0.264. The second kappa shape index (κ2) is 4.73. The van der Waals surface area contributed by atoms with E-state index in [2.05, 4.69) is 15.5 Å². The number of hydrogen-bond acceptors (Lipinski definition) is 5. The first kappa shape index (κ1) is 11.2. The molecule has 0 amide bonds. The van der Waals surface area contributed by atoms with E-state index < -0.39 is 0 Å². The molecule has 94 valence electrons. The average Bonchev–Trinajstić information content (AvgIpc) is 2.75. The summed E-state index contributed by atoms with van der Waals surface area (Å²) in [4.78, 5) is 4.23. The highest BCUT2D eigenvalue weighted by Gasteiger charge is 2.24. The summed E-state index contributed by atoms with van der Waals surface area (Å²) < 4.78 is 23.2. The van der Waals surface area contributed by atoms with Gasteiger partial charge in [-0.15, -0.1) is 0 Å². The van der Waals surface area contributed by atoms with Crippen LogP contribution in [-0.4, -0.2) is 16.7 Å². The zero-order valence-electron chi connectivity index (χ0n) is 9.60. The SMILES string of the molecule is Fc1ccc(OCc2noc([C@H]3CCN3)n2)cc1. The van der Waals surface area contributed by atoms with Crippen molar-refractivity contribution in [2.24, 2.45) is 0 Å². The first-order chi connectivity index (χ1) is 8.81. The molecule has 0 spiro atoms. The number of nitrogens with zero attached hydrogens (tertiary/aromatic N) is 2. The van der Waals surface area contributed by atoms with Crippen molar-refractivity contribution >= 4 is 0 Å². The van der Waals surface area contributed by atoms with Gasteiger partial charge in [0.1, 0.15) is 11.6 Å². The molecule has 6 heteroatoms. The van der Waals surface area contributed by atoms with Gasteiger partial charge in [0.05, 0.1) is 6.04 Å². The van der Waals surface area contributed by atoms with Crippen LogP contribution in [0.2, 0.25) is 0 Å². The van der Waals surface area contributed by atoms with Crippen molar-refractivity contribution in [2.45, 2.75) is 19.1 Å². The van der Waals surface area contributed by atoms with E-state index in [1.807, 2.05) is 0 Å². The molecule has 1 aromatic carbocycles. The van der Waals surface area contributed by atoms with Crippen molar-refractivity contribution < 1.29 is 13.7 Å². The highest BCUT2D eigenvalue weighted by molar-refractivity contribution is 5.22. The molecular weight excluding hydrogens is 237 g/mol. The number of benzene rings is 1. The average molecular weight is 249 g/mol. The van der Waals surface area contributed by atoms with Gasteiger partial charge in [-0.3, -0.25) is 0 Å². The smallest absolute Gasteiger partial charge is 0.243 e. The van der Waals surface area contributed by atoms with Crippen LogP contribution in [0.4, 0.5) is 4.39 Å². The predicted octanol–water partition coefficient (Wildman–Crippen LogP) is 1.82. The zero-order valence-corrected chi connectivity index (χ0v) is 9.60. The number of nitrogens with one attached hydrogen (secondary N) is 1. The molecule has 18 heavy (non-hydrogen) atoms. The Morgan fingerprint density at radius 3 is 2.83 bits per heavy atom. The van der Waals surface area contributed by atoms with Gasteiger partial charge in [0, 0.05) is 0 Å². The van der Waals surface area contributed by atoms with Crippen LogP contribution < -0.4 is 10.1 Å². The van der Waals surface area contributed by atoms with Crippen LogP contribution in [0.25, 0.3) is 0 Å². The maximum absolute atomic E-state index is 12.7. The molecule has 0 bridgehead atoms.